The first-order chi connectivity index (χ1) is 11.4. The molecule has 0 aliphatic heterocycles. The summed E-state index contributed by atoms with van der Waals surface area (Å²) < 4.78 is 0. The van der Waals surface area contributed by atoms with Crippen LogP contribution in [0.2, 0.25) is 0 Å². The molecule has 0 N–H and O–H groups in total. The molecule has 0 bridgehead atoms. The van der Waals surface area contributed by atoms with E-state index in [1.807, 2.05) is 42.5 Å². The van der Waals surface area contributed by atoms with E-state index in [-0.39, 0.29) is 0 Å². The van der Waals surface area contributed by atoms with Crippen molar-refractivity contribution in [1.82, 2.24) is 0 Å². The molecule has 0 saturated carbocycles. The molecular weight excluding hydrogens is 276 g/mol. The summed E-state index contributed by atoms with van der Waals surface area (Å²) in [4.78, 5) is 0. The first-order valence-corrected chi connectivity index (χ1v) is 7.73. The number of hydrogen-bond donors (Lipinski definition) is 0. The van der Waals surface area contributed by atoms with Gasteiger partial charge >= 0.3 is 0 Å². The molecule has 106 valence electrons. The SMILES string of the molecule is C(#C[c+]1c(-c2ccccc2)c1-c1ccccc1)c1ccccc1. The van der Waals surface area contributed by atoms with Crippen LogP contribution in [-0.4, -0.2) is 0 Å². The maximum absolute atomic E-state index is 3.36. The Bertz CT molecular complexity index is 881. The molecule has 4 aromatic carbocycles. The monoisotopic (exact) mass is 291 g/mol. The van der Waals surface area contributed by atoms with Crippen LogP contribution in [0.25, 0.3) is 22.3 Å². The second-order valence-electron chi connectivity index (χ2n) is 5.47. The Kier molecular flexibility index (Phi) is 3.47. The Morgan fingerprint density at radius 1 is 0.522 bits per heavy atom. The van der Waals surface area contributed by atoms with Gasteiger partial charge in [-0.2, -0.15) is 0 Å². The van der Waals surface area contributed by atoms with Crippen molar-refractivity contribution in [2.24, 2.45) is 0 Å². The van der Waals surface area contributed by atoms with E-state index in [9.17, 15) is 0 Å². The van der Waals surface area contributed by atoms with E-state index in [0.717, 1.165) is 11.1 Å². The first kappa shape index (κ1) is 13.5. The number of benzene rings is 3. The van der Waals surface area contributed by atoms with Gasteiger partial charge in [0.25, 0.3) is 0 Å². The lowest BCUT2D eigenvalue weighted by Crippen LogP contribution is -1.70. The highest BCUT2D eigenvalue weighted by atomic mass is 14.3. The summed E-state index contributed by atoms with van der Waals surface area (Å²) in [5.41, 5.74) is 7.24. The molecule has 0 amide bonds. The fraction of sp³-hybridized carbons (Fsp3) is 0. The fourth-order valence-electron chi connectivity index (χ4n) is 2.76. The average molecular weight is 291 g/mol. The highest BCUT2D eigenvalue weighted by Crippen LogP contribution is 2.47. The molecule has 4 rings (SSSR count). The fourth-order valence-corrected chi connectivity index (χ4v) is 2.76. The molecule has 0 nitrogen and oxygen atoms in total. The van der Waals surface area contributed by atoms with Crippen molar-refractivity contribution in [2.75, 3.05) is 0 Å². The van der Waals surface area contributed by atoms with Crippen molar-refractivity contribution in [1.29, 1.82) is 0 Å². The van der Waals surface area contributed by atoms with Crippen molar-refractivity contribution in [3.05, 3.63) is 102 Å². The molecular formula is C23H15+. The van der Waals surface area contributed by atoms with E-state index in [1.54, 1.807) is 0 Å². The van der Waals surface area contributed by atoms with Gasteiger partial charge < -0.3 is 0 Å². The van der Waals surface area contributed by atoms with E-state index in [2.05, 4.69) is 60.4 Å². The molecule has 0 fully saturated rings. The molecule has 0 radical (unpaired) electrons. The Labute approximate surface area is 136 Å². The molecule has 0 atom stereocenters. The van der Waals surface area contributed by atoms with Gasteiger partial charge in [-0.3, -0.25) is 0 Å². The van der Waals surface area contributed by atoms with E-state index < -0.39 is 0 Å². The Balaban J connectivity index is 1.77. The third-order valence-electron chi connectivity index (χ3n) is 3.92. The van der Waals surface area contributed by atoms with Crippen molar-refractivity contribution in [3.63, 3.8) is 0 Å². The summed E-state index contributed by atoms with van der Waals surface area (Å²) >= 11 is 0. The number of hydrogen-bond acceptors (Lipinski definition) is 0. The highest BCUT2D eigenvalue weighted by molar-refractivity contribution is 6.03. The maximum Gasteiger partial charge on any atom is 0.171 e. The lowest BCUT2D eigenvalue weighted by Gasteiger charge is -1.86. The van der Waals surface area contributed by atoms with Crippen LogP contribution < -0.4 is 0 Å². The standard InChI is InChI=1S/C23H15/c1-4-10-18(11-5-1)16-17-21-22(19-12-6-2-7-13-19)23(21)20-14-8-3-9-15-20/h1-15H/q+1. The van der Waals surface area contributed by atoms with Crippen LogP contribution in [0.5, 0.6) is 0 Å². The zero-order chi connectivity index (χ0) is 15.5. The largest absolute Gasteiger partial charge is 0.171 e. The van der Waals surface area contributed by atoms with Crippen LogP contribution in [0.3, 0.4) is 0 Å². The van der Waals surface area contributed by atoms with Crippen molar-refractivity contribution < 1.29 is 0 Å². The van der Waals surface area contributed by atoms with E-state index >= 15 is 0 Å². The van der Waals surface area contributed by atoms with Crippen LogP contribution >= 0.6 is 0 Å². The summed E-state index contributed by atoms with van der Waals surface area (Å²) in [6, 6.07) is 31.1. The van der Waals surface area contributed by atoms with Crippen LogP contribution in [0, 0.1) is 11.8 Å². The van der Waals surface area contributed by atoms with E-state index in [4.69, 9.17) is 0 Å². The Hall–Kier alpha value is -3.17. The summed E-state index contributed by atoms with van der Waals surface area (Å²) in [7, 11) is 0. The van der Waals surface area contributed by atoms with Gasteiger partial charge in [0.2, 0.25) is 0 Å². The van der Waals surface area contributed by atoms with Crippen LogP contribution in [0.1, 0.15) is 11.1 Å². The lowest BCUT2D eigenvalue weighted by molar-refractivity contribution is 1.65. The molecule has 0 aromatic heterocycles. The van der Waals surface area contributed by atoms with Crippen LogP contribution in [-0.2, 0) is 0 Å². The quantitative estimate of drug-likeness (QED) is 0.334. The van der Waals surface area contributed by atoms with Gasteiger partial charge in [-0.15, -0.1) is 0 Å². The van der Waals surface area contributed by atoms with Crippen molar-refractivity contribution in [2.45, 2.75) is 0 Å². The maximum atomic E-state index is 3.36. The predicted molar refractivity (Wildman–Crippen MR) is 96.5 cm³/mol. The molecule has 0 aliphatic carbocycles. The molecule has 0 aliphatic rings. The van der Waals surface area contributed by atoms with Gasteiger partial charge in [0.1, 0.15) is 11.1 Å². The normalized spacial score (nSPS) is 10.3. The molecule has 0 heterocycles. The Morgan fingerprint density at radius 2 is 0.957 bits per heavy atom. The molecule has 0 spiro atoms. The predicted octanol–water partition coefficient (Wildman–Crippen LogP) is 5.58. The van der Waals surface area contributed by atoms with Gasteiger partial charge in [-0.05, 0) is 36.4 Å². The van der Waals surface area contributed by atoms with Gasteiger partial charge in [-0.1, -0.05) is 54.6 Å². The smallest absolute Gasteiger partial charge is 0.0621 e. The topological polar surface area (TPSA) is 0 Å². The van der Waals surface area contributed by atoms with Gasteiger partial charge in [0.05, 0.1) is 16.7 Å². The highest BCUT2D eigenvalue weighted by Gasteiger charge is 2.36. The second kappa shape index (κ2) is 5.91. The van der Waals surface area contributed by atoms with Crippen molar-refractivity contribution >= 4 is 0 Å². The minimum Gasteiger partial charge on any atom is -0.0621 e. The molecule has 4 aromatic rings. The molecule has 23 heavy (non-hydrogen) atoms. The first-order valence-electron chi connectivity index (χ1n) is 7.73. The Morgan fingerprint density at radius 3 is 1.43 bits per heavy atom. The zero-order valence-corrected chi connectivity index (χ0v) is 12.7. The third kappa shape index (κ3) is 2.78. The summed E-state index contributed by atoms with van der Waals surface area (Å²) in [5, 5.41) is 0. The summed E-state index contributed by atoms with van der Waals surface area (Å²) in [5.74, 6) is 6.64. The minimum absolute atomic E-state index is 1.05. The minimum atomic E-state index is 1.05. The molecule has 0 heteroatoms. The van der Waals surface area contributed by atoms with Crippen molar-refractivity contribution in [3.8, 4) is 34.1 Å². The second-order valence-corrected chi connectivity index (χ2v) is 5.47. The molecule has 0 saturated heterocycles. The van der Waals surface area contributed by atoms with E-state index in [1.165, 1.54) is 22.3 Å². The molecule has 0 unspecified atom stereocenters. The lowest BCUT2D eigenvalue weighted by atomic mass is 10.1. The van der Waals surface area contributed by atoms with Gasteiger partial charge in [-0.25, -0.2) is 0 Å². The zero-order valence-electron chi connectivity index (χ0n) is 12.7. The summed E-state index contributed by atoms with van der Waals surface area (Å²) in [6.45, 7) is 0. The van der Waals surface area contributed by atoms with Gasteiger partial charge in [0, 0.05) is 11.8 Å². The van der Waals surface area contributed by atoms with Crippen LogP contribution in [0.4, 0.5) is 0 Å². The van der Waals surface area contributed by atoms with Crippen LogP contribution in [0.15, 0.2) is 91.0 Å². The average Bonchev–Trinajstić information content (AvgIpc) is 3.37. The van der Waals surface area contributed by atoms with Gasteiger partial charge in [0.15, 0.2) is 5.56 Å². The summed E-state index contributed by atoms with van der Waals surface area (Å²) in [6.07, 6.45) is 0. The van der Waals surface area contributed by atoms with E-state index in [0.29, 0.717) is 0 Å². The third-order valence-corrected chi connectivity index (χ3v) is 3.92. The number of rotatable bonds is 2.